The molecule has 2 aliphatic heterocycles. The van der Waals surface area contributed by atoms with Crippen molar-refractivity contribution in [1.82, 2.24) is 0 Å². The molecule has 6 nitrogen and oxygen atoms in total. The predicted molar refractivity (Wildman–Crippen MR) is 86.8 cm³/mol. The van der Waals surface area contributed by atoms with E-state index in [1.165, 1.54) is 0 Å². The summed E-state index contributed by atoms with van der Waals surface area (Å²) in [7, 11) is 0. The van der Waals surface area contributed by atoms with Gasteiger partial charge in [0.05, 0.1) is 71.5 Å². The molecule has 0 bridgehead atoms. The van der Waals surface area contributed by atoms with Gasteiger partial charge >= 0.3 is 0 Å². The van der Waals surface area contributed by atoms with Gasteiger partial charge in [0, 0.05) is 5.56 Å². The van der Waals surface area contributed by atoms with Crippen molar-refractivity contribution in [2.45, 2.75) is 6.29 Å². The first-order valence-electron chi connectivity index (χ1n) is 8.47. The van der Waals surface area contributed by atoms with Crippen LogP contribution in [0.15, 0.2) is 30.3 Å². The second-order valence-corrected chi connectivity index (χ2v) is 6.19. The van der Waals surface area contributed by atoms with Crippen LogP contribution < -0.4 is 0 Å². The van der Waals surface area contributed by atoms with E-state index in [9.17, 15) is 0 Å². The van der Waals surface area contributed by atoms with Crippen molar-refractivity contribution >= 4 is 0 Å². The molecule has 0 unspecified atom stereocenters. The van der Waals surface area contributed by atoms with E-state index < -0.39 is 0 Å². The lowest BCUT2D eigenvalue weighted by molar-refractivity contribution is -0.254. The first-order valence-corrected chi connectivity index (χ1v) is 8.47. The van der Waals surface area contributed by atoms with E-state index >= 15 is 0 Å². The Morgan fingerprint density at radius 2 is 1.12 bits per heavy atom. The first kappa shape index (κ1) is 17.8. The monoisotopic (exact) mass is 338 g/mol. The standard InChI is InChI=1S/C18H26O6/c1-2-4-16(5-3-1)17-23-14-18(15-24-17)12-21-10-8-19-6-7-20-9-11-22-13-18/h1-5,17H,6-15H2. The summed E-state index contributed by atoms with van der Waals surface area (Å²) in [6.45, 7) is 5.51. The third kappa shape index (κ3) is 5.24. The molecule has 1 spiro atoms. The second-order valence-electron chi connectivity index (χ2n) is 6.19. The predicted octanol–water partition coefficient (Wildman–Crippen LogP) is 1.80. The Morgan fingerprint density at radius 1 is 0.625 bits per heavy atom. The first-order chi connectivity index (χ1) is 11.9. The normalized spacial score (nSPS) is 24.7. The molecule has 1 aromatic rings. The van der Waals surface area contributed by atoms with Crippen molar-refractivity contribution in [2.75, 3.05) is 66.1 Å². The molecule has 0 aliphatic carbocycles. The molecular formula is C18H26O6. The molecule has 0 saturated carbocycles. The van der Waals surface area contributed by atoms with E-state index in [2.05, 4.69) is 0 Å². The largest absolute Gasteiger partial charge is 0.378 e. The maximum atomic E-state index is 5.96. The summed E-state index contributed by atoms with van der Waals surface area (Å²) in [6.07, 6.45) is -0.326. The fourth-order valence-corrected chi connectivity index (χ4v) is 2.74. The summed E-state index contributed by atoms with van der Waals surface area (Å²) in [5, 5.41) is 0. The zero-order valence-electron chi connectivity index (χ0n) is 14.0. The Balaban J connectivity index is 1.55. The highest BCUT2D eigenvalue weighted by molar-refractivity contribution is 5.16. The fraction of sp³-hybridized carbons (Fsp3) is 0.667. The minimum absolute atomic E-state index is 0.292. The molecule has 2 heterocycles. The molecule has 0 aromatic heterocycles. The van der Waals surface area contributed by atoms with Gasteiger partial charge in [0.1, 0.15) is 0 Å². The summed E-state index contributed by atoms with van der Waals surface area (Å²) >= 11 is 0. The molecule has 24 heavy (non-hydrogen) atoms. The van der Waals surface area contributed by atoms with Crippen molar-refractivity contribution in [3.05, 3.63) is 35.9 Å². The summed E-state index contributed by atoms with van der Waals surface area (Å²) < 4.78 is 34.4. The smallest absolute Gasteiger partial charge is 0.183 e. The van der Waals surface area contributed by atoms with Gasteiger partial charge in [0.2, 0.25) is 0 Å². The molecule has 2 aliphatic rings. The van der Waals surface area contributed by atoms with Gasteiger partial charge in [-0.15, -0.1) is 0 Å². The molecule has 0 radical (unpaired) electrons. The minimum atomic E-state index is -0.326. The molecule has 6 heteroatoms. The van der Waals surface area contributed by atoms with E-state index in [-0.39, 0.29) is 11.7 Å². The van der Waals surface area contributed by atoms with Crippen LogP contribution in [0, 0.1) is 5.41 Å². The lowest BCUT2D eigenvalue weighted by Crippen LogP contribution is -2.46. The molecule has 0 atom stereocenters. The van der Waals surface area contributed by atoms with Gasteiger partial charge in [0.25, 0.3) is 0 Å². The molecule has 3 rings (SSSR count). The van der Waals surface area contributed by atoms with Gasteiger partial charge in [-0.05, 0) is 0 Å². The summed E-state index contributed by atoms with van der Waals surface area (Å²) in [6, 6.07) is 9.97. The SMILES string of the molecule is c1ccc(C2OCC3(COCCOCCOCCOC3)CO2)cc1. The maximum absolute atomic E-state index is 5.96. The fourth-order valence-electron chi connectivity index (χ4n) is 2.74. The maximum Gasteiger partial charge on any atom is 0.183 e. The zero-order chi connectivity index (χ0) is 16.5. The van der Waals surface area contributed by atoms with Gasteiger partial charge < -0.3 is 28.4 Å². The van der Waals surface area contributed by atoms with Gasteiger partial charge in [-0.25, -0.2) is 0 Å². The van der Waals surface area contributed by atoms with Crippen molar-refractivity contribution < 1.29 is 28.4 Å². The molecule has 2 fully saturated rings. The minimum Gasteiger partial charge on any atom is -0.378 e. The number of hydrogen-bond donors (Lipinski definition) is 0. The zero-order valence-corrected chi connectivity index (χ0v) is 14.0. The number of rotatable bonds is 1. The van der Waals surface area contributed by atoms with Crippen LogP contribution in [-0.4, -0.2) is 66.1 Å². The van der Waals surface area contributed by atoms with Crippen molar-refractivity contribution in [2.24, 2.45) is 5.41 Å². The van der Waals surface area contributed by atoms with Gasteiger partial charge in [-0.2, -0.15) is 0 Å². The molecule has 2 saturated heterocycles. The van der Waals surface area contributed by atoms with E-state index in [0.717, 1.165) is 5.56 Å². The number of hydrogen-bond acceptors (Lipinski definition) is 6. The Hall–Kier alpha value is -1.02. The van der Waals surface area contributed by atoms with Crippen LogP contribution in [0.25, 0.3) is 0 Å². The lowest BCUT2D eigenvalue weighted by Gasteiger charge is -2.39. The molecule has 134 valence electrons. The van der Waals surface area contributed by atoms with E-state index in [1.54, 1.807) is 0 Å². The highest BCUT2D eigenvalue weighted by Crippen LogP contribution is 2.32. The van der Waals surface area contributed by atoms with Crippen LogP contribution in [0.3, 0.4) is 0 Å². The van der Waals surface area contributed by atoms with Crippen LogP contribution in [0.1, 0.15) is 11.9 Å². The molecule has 0 amide bonds. The van der Waals surface area contributed by atoms with Crippen LogP contribution >= 0.6 is 0 Å². The van der Waals surface area contributed by atoms with Crippen LogP contribution in [0.2, 0.25) is 0 Å². The molecular weight excluding hydrogens is 312 g/mol. The van der Waals surface area contributed by atoms with Gasteiger partial charge in [0.15, 0.2) is 6.29 Å². The summed E-state index contributed by atoms with van der Waals surface area (Å²) in [5.74, 6) is 0. The Kier molecular flexibility index (Phi) is 7.01. The Bertz CT molecular complexity index is 442. The number of ether oxygens (including phenoxy) is 6. The average Bonchev–Trinajstić information content (AvgIpc) is 2.66. The van der Waals surface area contributed by atoms with Gasteiger partial charge in [-0.1, -0.05) is 30.3 Å². The van der Waals surface area contributed by atoms with Crippen LogP contribution in [0.4, 0.5) is 0 Å². The Labute approximate surface area is 142 Å². The molecule has 1 aromatic carbocycles. The van der Waals surface area contributed by atoms with Crippen LogP contribution in [0.5, 0.6) is 0 Å². The topological polar surface area (TPSA) is 55.4 Å². The Morgan fingerprint density at radius 3 is 1.67 bits per heavy atom. The molecule has 0 N–H and O–H groups in total. The van der Waals surface area contributed by atoms with E-state index in [4.69, 9.17) is 28.4 Å². The summed E-state index contributed by atoms with van der Waals surface area (Å²) in [4.78, 5) is 0. The van der Waals surface area contributed by atoms with Crippen molar-refractivity contribution in [3.8, 4) is 0 Å². The average molecular weight is 338 g/mol. The highest BCUT2D eigenvalue weighted by atomic mass is 16.7. The van der Waals surface area contributed by atoms with E-state index in [1.807, 2.05) is 30.3 Å². The van der Waals surface area contributed by atoms with Crippen LogP contribution in [-0.2, 0) is 28.4 Å². The number of benzene rings is 1. The second kappa shape index (κ2) is 9.46. The summed E-state index contributed by atoms with van der Waals surface area (Å²) in [5.41, 5.74) is 0.736. The van der Waals surface area contributed by atoms with Crippen molar-refractivity contribution in [3.63, 3.8) is 0 Å². The third-order valence-corrected chi connectivity index (χ3v) is 4.09. The van der Waals surface area contributed by atoms with Gasteiger partial charge in [-0.3, -0.25) is 0 Å². The quantitative estimate of drug-likeness (QED) is 0.778. The lowest BCUT2D eigenvalue weighted by atomic mass is 9.91. The van der Waals surface area contributed by atoms with E-state index in [0.29, 0.717) is 66.1 Å². The highest BCUT2D eigenvalue weighted by Gasteiger charge is 2.38. The third-order valence-electron chi connectivity index (χ3n) is 4.09. The van der Waals surface area contributed by atoms with Crippen molar-refractivity contribution in [1.29, 1.82) is 0 Å².